The molecule has 0 aliphatic carbocycles. The second kappa shape index (κ2) is 6.34. The van der Waals surface area contributed by atoms with Crippen molar-refractivity contribution in [1.82, 2.24) is 0 Å². The largest absolute Gasteiger partial charge is 0.494 e. The van der Waals surface area contributed by atoms with E-state index in [0.717, 1.165) is 17.8 Å². The van der Waals surface area contributed by atoms with Crippen LogP contribution in [0.25, 0.3) is 6.08 Å². The molecule has 1 aliphatic heterocycles. The van der Waals surface area contributed by atoms with Gasteiger partial charge < -0.3 is 10.1 Å². The number of hydrogen-bond acceptors (Lipinski definition) is 4. The molecule has 0 aromatic heterocycles. The van der Waals surface area contributed by atoms with Gasteiger partial charge in [0, 0.05) is 17.9 Å². The van der Waals surface area contributed by atoms with E-state index >= 15 is 0 Å². The summed E-state index contributed by atoms with van der Waals surface area (Å²) < 4.78 is 33.0. The Morgan fingerprint density at radius 1 is 1.17 bits per heavy atom. The zero-order valence-corrected chi connectivity index (χ0v) is 13.6. The lowest BCUT2D eigenvalue weighted by Gasteiger charge is -2.15. The van der Waals surface area contributed by atoms with Crippen molar-refractivity contribution >= 4 is 27.5 Å². The van der Waals surface area contributed by atoms with Crippen LogP contribution in [-0.2, 0) is 10.0 Å². The third-order valence-corrected chi connectivity index (χ3v) is 4.84. The van der Waals surface area contributed by atoms with Gasteiger partial charge in [0.05, 0.1) is 11.5 Å². The maximum Gasteiger partial charge on any atom is 0.261 e. The van der Waals surface area contributed by atoms with Crippen LogP contribution in [0, 0.1) is 0 Å². The number of anilines is 2. The molecule has 6 heteroatoms. The van der Waals surface area contributed by atoms with Gasteiger partial charge in [-0.25, -0.2) is 8.42 Å². The van der Waals surface area contributed by atoms with E-state index in [4.69, 9.17) is 4.74 Å². The molecule has 0 saturated heterocycles. The maximum absolute atomic E-state index is 12.5. The number of sulfonamides is 1. The average Bonchev–Trinajstić information content (AvgIpc) is 2.56. The van der Waals surface area contributed by atoms with Crippen molar-refractivity contribution in [2.75, 3.05) is 23.2 Å². The van der Waals surface area contributed by atoms with E-state index in [-0.39, 0.29) is 4.90 Å². The lowest BCUT2D eigenvalue weighted by Crippen LogP contribution is -2.14. The quantitative estimate of drug-likeness (QED) is 0.882. The van der Waals surface area contributed by atoms with Gasteiger partial charge in [-0.2, -0.15) is 0 Å². The molecule has 5 nitrogen and oxygen atoms in total. The highest BCUT2D eigenvalue weighted by Crippen LogP contribution is 2.26. The minimum atomic E-state index is -3.62. The van der Waals surface area contributed by atoms with Gasteiger partial charge in [-0.3, -0.25) is 4.72 Å². The van der Waals surface area contributed by atoms with Gasteiger partial charge in [-0.1, -0.05) is 12.2 Å². The Labute approximate surface area is 136 Å². The normalized spacial score (nSPS) is 13.1. The Morgan fingerprint density at radius 3 is 2.70 bits per heavy atom. The van der Waals surface area contributed by atoms with Crippen LogP contribution in [0.1, 0.15) is 12.5 Å². The molecule has 0 amide bonds. The molecule has 0 saturated carbocycles. The third kappa shape index (κ3) is 3.48. The van der Waals surface area contributed by atoms with E-state index in [1.807, 2.05) is 19.1 Å². The smallest absolute Gasteiger partial charge is 0.261 e. The Morgan fingerprint density at radius 2 is 1.96 bits per heavy atom. The van der Waals surface area contributed by atoms with E-state index in [0.29, 0.717) is 18.0 Å². The second-order valence-corrected chi connectivity index (χ2v) is 6.78. The molecule has 23 heavy (non-hydrogen) atoms. The summed E-state index contributed by atoms with van der Waals surface area (Å²) >= 11 is 0. The van der Waals surface area contributed by atoms with E-state index in [2.05, 4.69) is 10.0 Å². The van der Waals surface area contributed by atoms with Crippen molar-refractivity contribution in [3.8, 4) is 5.75 Å². The molecule has 0 fully saturated rings. The first-order chi connectivity index (χ1) is 11.1. The Balaban J connectivity index is 1.83. The summed E-state index contributed by atoms with van der Waals surface area (Å²) in [5.74, 6) is 0.709. The number of fused-ring (bicyclic) bond motifs is 1. The predicted molar refractivity (Wildman–Crippen MR) is 92.4 cm³/mol. The molecular formula is C17H18N2O3S. The van der Waals surface area contributed by atoms with Crippen molar-refractivity contribution in [2.45, 2.75) is 11.8 Å². The second-order valence-electron chi connectivity index (χ2n) is 5.10. The molecule has 3 rings (SSSR count). The minimum absolute atomic E-state index is 0.235. The molecule has 0 bridgehead atoms. The fourth-order valence-corrected chi connectivity index (χ4v) is 3.46. The SMILES string of the molecule is CCOc1ccc(NS(=O)(=O)c2ccc3c(c2)C=CCN3)cc1. The van der Waals surface area contributed by atoms with Crippen molar-refractivity contribution in [3.63, 3.8) is 0 Å². The summed E-state index contributed by atoms with van der Waals surface area (Å²) in [5.41, 5.74) is 2.30. The maximum atomic E-state index is 12.5. The molecule has 1 aliphatic rings. The van der Waals surface area contributed by atoms with Crippen LogP contribution in [0.4, 0.5) is 11.4 Å². The first kappa shape index (κ1) is 15.4. The predicted octanol–water partition coefficient (Wildman–Crippen LogP) is 3.32. The third-order valence-electron chi connectivity index (χ3n) is 3.46. The fourth-order valence-electron chi connectivity index (χ4n) is 2.36. The van der Waals surface area contributed by atoms with E-state index in [1.54, 1.807) is 42.5 Å². The highest BCUT2D eigenvalue weighted by molar-refractivity contribution is 7.92. The van der Waals surface area contributed by atoms with Crippen LogP contribution in [0.15, 0.2) is 53.4 Å². The van der Waals surface area contributed by atoms with Gasteiger partial charge in [0.2, 0.25) is 0 Å². The molecule has 0 radical (unpaired) electrons. The van der Waals surface area contributed by atoms with Crippen LogP contribution in [0.3, 0.4) is 0 Å². The highest BCUT2D eigenvalue weighted by atomic mass is 32.2. The summed E-state index contributed by atoms with van der Waals surface area (Å²) in [6, 6.07) is 11.9. The molecular weight excluding hydrogens is 312 g/mol. The topological polar surface area (TPSA) is 67.4 Å². The lowest BCUT2D eigenvalue weighted by molar-refractivity contribution is 0.340. The van der Waals surface area contributed by atoms with Gasteiger partial charge in [0.15, 0.2) is 0 Å². The Bertz CT molecular complexity index is 827. The van der Waals surface area contributed by atoms with Gasteiger partial charge in [-0.05, 0) is 55.0 Å². The zero-order valence-electron chi connectivity index (χ0n) is 12.7. The van der Waals surface area contributed by atoms with E-state index in [1.165, 1.54) is 0 Å². The summed E-state index contributed by atoms with van der Waals surface area (Å²) in [4.78, 5) is 0.235. The van der Waals surface area contributed by atoms with Crippen LogP contribution < -0.4 is 14.8 Å². The van der Waals surface area contributed by atoms with Crippen LogP contribution in [0.5, 0.6) is 5.75 Å². The number of nitrogens with one attached hydrogen (secondary N) is 2. The van der Waals surface area contributed by atoms with Gasteiger partial charge in [0.25, 0.3) is 10.0 Å². The highest BCUT2D eigenvalue weighted by Gasteiger charge is 2.16. The fraction of sp³-hybridized carbons (Fsp3) is 0.176. The van der Waals surface area contributed by atoms with Gasteiger partial charge >= 0.3 is 0 Å². The first-order valence-corrected chi connectivity index (χ1v) is 8.87. The molecule has 0 spiro atoms. The van der Waals surface area contributed by atoms with Crippen molar-refractivity contribution in [3.05, 3.63) is 54.1 Å². The van der Waals surface area contributed by atoms with Crippen LogP contribution in [-0.4, -0.2) is 21.6 Å². The molecule has 1 heterocycles. The van der Waals surface area contributed by atoms with Crippen LogP contribution >= 0.6 is 0 Å². The number of hydrogen-bond donors (Lipinski definition) is 2. The Kier molecular flexibility index (Phi) is 4.25. The van der Waals surface area contributed by atoms with Crippen molar-refractivity contribution in [1.29, 1.82) is 0 Å². The molecule has 0 atom stereocenters. The lowest BCUT2D eigenvalue weighted by atomic mass is 10.1. The minimum Gasteiger partial charge on any atom is -0.494 e. The zero-order chi connectivity index (χ0) is 16.3. The molecule has 2 aromatic rings. The van der Waals surface area contributed by atoms with E-state index < -0.39 is 10.0 Å². The van der Waals surface area contributed by atoms with Crippen LogP contribution in [0.2, 0.25) is 0 Å². The molecule has 2 N–H and O–H groups in total. The summed E-state index contributed by atoms with van der Waals surface area (Å²) in [6.07, 6.45) is 3.88. The standard InChI is InChI=1S/C17H18N2O3S/c1-2-22-15-7-5-14(6-8-15)19-23(20,21)16-9-10-17-13(12-16)4-3-11-18-17/h3-10,12,18-19H,2,11H2,1H3. The van der Waals surface area contributed by atoms with Gasteiger partial charge in [-0.15, -0.1) is 0 Å². The van der Waals surface area contributed by atoms with E-state index in [9.17, 15) is 8.42 Å². The number of ether oxygens (including phenoxy) is 1. The average molecular weight is 330 g/mol. The Hall–Kier alpha value is -2.47. The van der Waals surface area contributed by atoms with Crippen molar-refractivity contribution < 1.29 is 13.2 Å². The van der Waals surface area contributed by atoms with Gasteiger partial charge in [0.1, 0.15) is 5.75 Å². The molecule has 2 aromatic carbocycles. The summed E-state index contributed by atoms with van der Waals surface area (Å²) in [5, 5.41) is 3.19. The molecule has 0 unspecified atom stereocenters. The molecule has 120 valence electrons. The number of rotatable bonds is 5. The first-order valence-electron chi connectivity index (χ1n) is 7.38. The monoisotopic (exact) mass is 330 g/mol. The number of benzene rings is 2. The van der Waals surface area contributed by atoms with Crippen molar-refractivity contribution in [2.24, 2.45) is 0 Å². The summed E-state index contributed by atoms with van der Waals surface area (Å²) in [6.45, 7) is 3.22. The summed E-state index contributed by atoms with van der Waals surface area (Å²) in [7, 11) is -3.62.